The Bertz CT molecular complexity index is 658. The highest BCUT2D eigenvalue weighted by Crippen LogP contribution is 2.38. The summed E-state index contributed by atoms with van der Waals surface area (Å²) in [5, 5.41) is 0. The van der Waals surface area contributed by atoms with Gasteiger partial charge in [-0.1, -0.05) is 12.2 Å². The van der Waals surface area contributed by atoms with E-state index in [1.54, 1.807) is 35.7 Å². The van der Waals surface area contributed by atoms with Crippen molar-refractivity contribution in [1.29, 1.82) is 0 Å². The number of rotatable bonds is 3. The molecule has 1 aromatic rings. The van der Waals surface area contributed by atoms with E-state index in [4.69, 9.17) is 9.47 Å². The highest BCUT2D eigenvalue weighted by Gasteiger charge is 2.38. The molecule has 0 bridgehead atoms. The lowest BCUT2D eigenvalue weighted by atomic mass is 9.77. The molecule has 2 aliphatic heterocycles. The number of hydrogen-bond donors (Lipinski definition) is 0. The highest BCUT2D eigenvalue weighted by molar-refractivity contribution is 7.89. The number of methoxy groups -OCH3 is 1. The Kier molecular flexibility index (Phi) is 4.75. The van der Waals surface area contributed by atoms with Crippen LogP contribution in [0.25, 0.3) is 0 Å². The molecule has 0 aromatic heterocycles. The minimum atomic E-state index is -3.43. The molecule has 0 N–H and O–H groups in total. The third-order valence-electron chi connectivity index (χ3n) is 4.82. The average Bonchev–Trinajstić information content (AvgIpc) is 2.81. The molecule has 2 heterocycles. The normalized spacial score (nSPS) is 22.0. The van der Waals surface area contributed by atoms with E-state index in [1.165, 1.54) is 0 Å². The van der Waals surface area contributed by atoms with Crippen LogP contribution in [0.3, 0.4) is 0 Å². The van der Waals surface area contributed by atoms with Gasteiger partial charge in [0.2, 0.25) is 10.0 Å². The average molecular weight is 337 g/mol. The molecular formula is C17H23NO4S. The zero-order valence-electron chi connectivity index (χ0n) is 13.4. The zero-order valence-corrected chi connectivity index (χ0v) is 14.2. The Balaban J connectivity index is 1.71. The largest absolute Gasteiger partial charge is 0.497 e. The smallest absolute Gasteiger partial charge is 0.243 e. The summed E-state index contributed by atoms with van der Waals surface area (Å²) in [5.41, 5.74) is 0.0962. The second-order valence-electron chi connectivity index (χ2n) is 6.27. The van der Waals surface area contributed by atoms with E-state index < -0.39 is 10.0 Å². The molecule has 0 atom stereocenters. The molecule has 1 saturated heterocycles. The van der Waals surface area contributed by atoms with Crippen LogP contribution in [0.1, 0.15) is 19.3 Å². The Morgan fingerprint density at radius 1 is 1.13 bits per heavy atom. The Morgan fingerprint density at radius 3 is 2.48 bits per heavy atom. The van der Waals surface area contributed by atoms with Crippen LogP contribution < -0.4 is 4.74 Å². The van der Waals surface area contributed by atoms with Gasteiger partial charge in [-0.3, -0.25) is 0 Å². The Hall–Kier alpha value is -1.37. The number of sulfonamides is 1. The lowest BCUT2D eigenvalue weighted by Gasteiger charge is -2.40. The van der Waals surface area contributed by atoms with Crippen molar-refractivity contribution in [3.8, 4) is 5.75 Å². The maximum absolute atomic E-state index is 12.8. The molecule has 0 saturated carbocycles. The first-order valence-electron chi connectivity index (χ1n) is 7.93. The van der Waals surface area contributed by atoms with Gasteiger partial charge in [0, 0.05) is 13.1 Å². The molecule has 1 fully saturated rings. The number of benzene rings is 1. The lowest BCUT2D eigenvalue weighted by molar-refractivity contribution is 0.0323. The fraction of sp³-hybridized carbons (Fsp3) is 0.529. The van der Waals surface area contributed by atoms with Gasteiger partial charge in [-0.05, 0) is 48.9 Å². The lowest BCUT2D eigenvalue weighted by Crippen LogP contribution is -2.44. The van der Waals surface area contributed by atoms with E-state index in [9.17, 15) is 8.42 Å². The third-order valence-corrected chi connectivity index (χ3v) is 6.73. The molecule has 0 radical (unpaired) electrons. The molecule has 3 rings (SSSR count). The van der Waals surface area contributed by atoms with Crippen molar-refractivity contribution in [3.05, 3.63) is 36.4 Å². The standard InChI is InChI=1S/C17H23NO4S/c1-21-15-4-6-16(7-5-15)23(19,20)18-11-9-17(10-12-18)8-2-3-13-22-14-17/h2-7H,8-14H2,1H3. The minimum absolute atomic E-state index is 0.0962. The maximum atomic E-state index is 12.8. The van der Waals surface area contributed by atoms with Crippen LogP contribution >= 0.6 is 0 Å². The van der Waals surface area contributed by atoms with Crippen LogP contribution in [0, 0.1) is 5.41 Å². The van der Waals surface area contributed by atoms with Crippen LogP contribution in [-0.4, -0.2) is 46.1 Å². The molecule has 2 aliphatic rings. The molecule has 126 valence electrons. The van der Waals surface area contributed by atoms with Gasteiger partial charge in [-0.25, -0.2) is 8.42 Å². The summed E-state index contributed by atoms with van der Waals surface area (Å²) < 4.78 is 37.9. The fourth-order valence-electron chi connectivity index (χ4n) is 3.25. The Labute approximate surface area is 137 Å². The van der Waals surface area contributed by atoms with Gasteiger partial charge in [0.05, 0.1) is 25.2 Å². The van der Waals surface area contributed by atoms with Crippen molar-refractivity contribution in [2.75, 3.05) is 33.4 Å². The molecule has 0 aliphatic carbocycles. The topological polar surface area (TPSA) is 55.8 Å². The molecule has 1 spiro atoms. The number of ether oxygens (including phenoxy) is 2. The van der Waals surface area contributed by atoms with Gasteiger partial charge in [-0.15, -0.1) is 0 Å². The summed E-state index contributed by atoms with van der Waals surface area (Å²) >= 11 is 0. The molecule has 0 amide bonds. The molecule has 6 heteroatoms. The SMILES string of the molecule is COc1ccc(S(=O)(=O)N2CCC3(CC=CCOC3)CC2)cc1. The van der Waals surface area contributed by atoms with E-state index >= 15 is 0 Å². The molecule has 1 aromatic carbocycles. The molecule has 5 nitrogen and oxygen atoms in total. The van der Waals surface area contributed by atoms with E-state index in [2.05, 4.69) is 12.2 Å². The minimum Gasteiger partial charge on any atom is -0.497 e. The van der Waals surface area contributed by atoms with Crippen molar-refractivity contribution in [2.45, 2.75) is 24.2 Å². The monoisotopic (exact) mass is 337 g/mol. The summed E-state index contributed by atoms with van der Waals surface area (Å²) in [6.07, 6.45) is 6.87. The number of piperidine rings is 1. The summed E-state index contributed by atoms with van der Waals surface area (Å²) in [4.78, 5) is 0.325. The van der Waals surface area contributed by atoms with Crippen molar-refractivity contribution >= 4 is 10.0 Å². The second kappa shape index (κ2) is 6.63. The van der Waals surface area contributed by atoms with Crippen molar-refractivity contribution in [1.82, 2.24) is 4.31 Å². The van der Waals surface area contributed by atoms with E-state index in [0.29, 0.717) is 30.3 Å². The fourth-order valence-corrected chi connectivity index (χ4v) is 4.69. The second-order valence-corrected chi connectivity index (χ2v) is 8.21. The van der Waals surface area contributed by atoms with Crippen molar-refractivity contribution < 1.29 is 17.9 Å². The van der Waals surface area contributed by atoms with Gasteiger partial charge < -0.3 is 9.47 Å². The van der Waals surface area contributed by atoms with Gasteiger partial charge in [0.15, 0.2) is 0 Å². The molecule has 23 heavy (non-hydrogen) atoms. The van der Waals surface area contributed by atoms with Crippen LogP contribution in [0.4, 0.5) is 0 Å². The van der Waals surface area contributed by atoms with Gasteiger partial charge >= 0.3 is 0 Å². The predicted octanol–water partition coefficient (Wildman–Crippen LogP) is 2.44. The Morgan fingerprint density at radius 2 is 1.83 bits per heavy atom. The number of hydrogen-bond acceptors (Lipinski definition) is 4. The van der Waals surface area contributed by atoms with Crippen LogP contribution in [0.2, 0.25) is 0 Å². The highest BCUT2D eigenvalue weighted by atomic mass is 32.2. The van der Waals surface area contributed by atoms with E-state index in [0.717, 1.165) is 25.9 Å². The third kappa shape index (κ3) is 3.44. The van der Waals surface area contributed by atoms with Crippen molar-refractivity contribution in [2.24, 2.45) is 5.41 Å². The van der Waals surface area contributed by atoms with Crippen LogP contribution in [0.5, 0.6) is 5.75 Å². The quantitative estimate of drug-likeness (QED) is 0.795. The first-order chi connectivity index (χ1) is 11.1. The maximum Gasteiger partial charge on any atom is 0.243 e. The summed E-state index contributed by atoms with van der Waals surface area (Å²) in [6.45, 7) is 2.48. The number of nitrogens with zero attached hydrogens (tertiary/aromatic N) is 1. The first-order valence-corrected chi connectivity index (χ1v) is 9.37. The molecule has 0 unspecified atom stereocenters. The van der Waals surface area contributed by atoms with Gasteiger partial charge in [0.1, 0.15) is 5.75 Å². The first kappa shape index (κ1) is 16.5. The summed E-state index contributed by atoms with van der Waals surface area (Å²) in [6, 6.07) is 6.58. The van der Waals surface area contributed by atoms with E-state index in [-0.39, 0.29) is 5.41 Å². The summed E-state index contributed by atoms with van der Waals surface area (Å²) in [5.74, 6) is 0.656. The van der Waals surface area contributed by atoms with E-state index in [1.807, 2.05) is 0 Å². The van der Waals surface area contributed by atoms with Gasteiger partial charge in [0.25, 0.3) is 0 Å². The van der Waals surface area contributed by atoms with Gasteiger partial charge in [-0.2, -0.15) is 4.31 Å². The number of allylic oxidation sites excluding steroid dienone is 1. The van der Waals surface area contributed by atoms with Crippen LogP contribution in [-0.2, 0) is 14.8 Å². The molecular weight excluding hydrogens is 314 g/mol. The van der Waals surface area contributed by atoms with Crippen molar-refractivity contribution in [3.63, 3.8) is 0 Å². The predicted molar refractivity (Wildman–Crippen MR) is 88.0 cm³/mol. The zero-order chi connectivity index (χ0) is 16.3. The summed E-state index contributed by atoms with van der Waals surface area (Å²) in [7, 11) is -1.87. The van der Waals surface area contributed by atoms with Crippen LogP contribution in [0.15, 0.2) is 41.3 Å².